The second-order valence-corrected chi connectivity index (χ2v) is 3.68. The molecule has 0 fully saturated rings. The number of carbonyl (C=O) groups excluding carboxylic acids is 1. The number of aromatic nitrogens is 3. The Kier molecular flexibility index (Phi) is 4.22. The summed E-state index contributed by atoms with van der Waals surface area (Å²) in [5.74, 6) is -0.745. The van der Waals surface area contributed by atoms with Gasteiger partial charge in [-0.25, -0.2) is 14.6 Å². The van der Waals surface area contributed by atoms with Gasteiger partial charge < -0.3 is 20.3 Å². The lowest BCUT2D eigenvalue weighted by Gasteiger charge is -2.08. The third kappa shape index (κ3) is 3.51. The maximum absolute atomic E-state index is 11.6. The predicted octanol–water partition coefficient (Wildman–Crippen LogP) is 0.527. The molecule has 0 radical (unpaired) electrons. The van der Waals surface area contributed by atoms with Gasteiger partial charge in [0.25, 0.3) is 0 Å². The van der Waals surface area contributed by atoms with E-state index in [9.17, 15) is 9.59 Å². The topological polar surface area (TPSA) is 130 Å². The van der Waals surface area contributed by atoms with Crippen LogP contribution in [0.4, 0.5) is 10.5 Å². The van der Waals surface area contributed by atoms with Gasteiger partial charge in [0.2, 0.25) is 6.39 Å². The molecule has 0 unspecified atom stereocenters. The largest absolute Gasteiger partial charge is 0.476 e. The zero-order chi connectivity index (χ0) is 14.4. The van der Waals surface area contributed by atoms with Gasteiger partial charge in [-0.1, -0.05) is 5.16 Å². The van der Waals surface area contributed by atoms with Gasteiger partial charge in [0, 0.05) is 19.2 Å². The molecular formula is C11H11N5O4. The highest BCUT2D eigenvalue weighted by Crippen LogP contribution is 2.11. The summed E-state index contributed by atoms with van der Waals surface area (Å²) in [5, 5.41) is 17.5. The molecule has 2 aromatic rings. The Bertz CT molecular complexity index is 599. The monoisotopic (exact) mass is 277 g/mol. The van der Waals surface area contributed by atoms with Crippen LogP contribution >= 0.6 is 0 Å². The average Bonchev–Trinajstić information content (AvgIpc) is 2.92. The van der Waals surface area contributed by atoms with E-state index >= 15 is 0 Å². The number of anilines is 1. The van der Waals surface area contributed by atoms with Crippen molar-refractivity contribution < 1.29 is 19.2 Å². The fraction of sp³-hybridized carbons (Fsp3) is 0.182. The van der Waals surface area contributed by atoms with E-state index < -0.39 is 12.0 Å². The van der Waals surface area contributed by atoms with Gasteiger partial charge in [-0.3, -0.25) is 0 Å². The first-order valence-corrected chi connectivity index (χ1v) is 5.65. The van der Waals surface area contributed by atoms with E-state index in [1.54, 1.807) is 0 Å². The number of carboxylic acids is 1. The Balaban J connectivity index is 1.87. The summed E-state index contributed by atoms with van der Waals surface area (Å²) in [5.41, 5.74) is -0.0992. The fourth-order valence-corrected chi connectivity index (χ4v) is 1.43. The Hall–Kier alpha value is -2.97. The van der Waals surface area contributed by atoms with Crippen molar-refractivity contribution in [3.63, 3.8) is 0 Å². The molecule has 9 nitrogen and oxygen atoms in total. The SMILES string of the molecule is O=C(NCCc1ncon1)Nc1cccnc1C(=O)O. The highest BCUT2D eigenvalue weighted by molar-refractivity contribution is 5.98. The van der Waals surface area contributed by atoms with Gasteiger partial charge in [0.15, 0.2) is 11.5 Å². The molecule has 2 amide bonds. The summed E-state index contributed by atoms with van der Waals surface area (Å²) in [6.07, 6.45) is 2.94. The standard InChI is InChI=1S/C11H11N5O4/c17-10(18)9-7(2-1-4-12-9)15-11(19)13-5-3-8-14-6-20-16-8/h1-2,4,6H,3,5H2,(H,17,18)(H2,13,15,19). The third-order valence-corrected chi connectivity index (χ3v) is 2.30. The number of hydrogen-bond acceptors (Lipinski definition) is 6. The van der Waals surface area contributed by atoms with Crippen LogP contribution < -0.4 is 10.6 Å². The molecule has 0 aromatic carbocycles. The minimum absolute atomic E-state index is 0.122. The number of carbonyl (C=O) groups is 2. The summed E-state index contributed by atoms with van der Waals surface area (Å²) < 4.78 is 4.55. The van der Waals surface area contributed by atoms with Crippen molar-refractivity contribution >= 4 is 17.7 Å². The van der Waals surface area contributed by atoms with Crippen LogP contribution in [0.1, 0.15) is 16.3 Å². The Morgan fingerprint density at radius 2 is 2.20 bits per heavy atom. The van der Waals surface area contributed by atoms with Crippen molar-refractivity contribution in [1.82, 2.24) is 20.4 Å². The summed E-state index contributed by atoms with van der Waals surface area (Å²) in [6, 6.07) is 2.44. The van der Waals surface area contributed by atoms with Crippen LogP contribution in [0.5, 0.6) is 0 Å². The van der Waals surface area contributed by atoms with E-state index in [2.05, 4.69) is 30.3 Å². The molecular weight excluding hydrogens is 266 g/mol. The molecule has 0 aliphatic heterocycles. The van der Waals surface area contributed by atoms with Crippen LogP contribution in [-0.2, 0) is 6.42 Å². The van der Waals surface area contributed by atoms with E-state index in [1.807, 2.05) is 0 Å². The molecule has 2 rings (SSSR count). The number of pyridine rings is 1. The van der Waals surface area contributed by atoms with Gasteiger partial charge in [-0.2, -0.15) is 4.98 Å². The van der Waals surface area contributed by atoms with E-state index in [0.717, 1.165) is 0 Å². The van der Waals surface area contributed by atoms with E-state index in [4.69, 9.17) is 5.11 Å². The number of rotatable bonds is 5. The summed E-state index contributed by atoms with van der Waals surface area (Å²) in [4.78, 5) is 30.0. The molecule has 104 valence electrons. The van der Waals surface area contributed by atoms with E-state index in [-0.39, 0.29) is 17.9 Å². The van der Waals surface area contributed by atoms with Crippen LogP contribution in [0.25, 0.3) is 0 Å². The molecule has 0 spiro atoms. The highest BCUT2D eigenvalue weighted by Gasteiger charge is 2.13. The lowest BCUT2D eigenvalue weighted by Crippen LogP contribution is -2.31. The van der Waals surface area contributed by atoms with Crippen molar-refractivity contribution in [2.24, 2.45) is 0 Å². The summed E-state index contributed by atoms with van der Waals surface area (Å²) >= 11 is 0. The molecule has 0 aliphatic carbocycles. The van der Waals surface area contributed by atoms with Gasteiger partial charge >= 0.3 is 12.0 Å². The second-order valence-electron chi connectivity index (χ2n) is 3.68. The molecule has 0 saturated heterocycles. The van der Waals surface area contributed by atoms with Gasteiger partial charge in [0.05, 0.1) is 5.69 Å². The van der Waals surface area contributed by atoms with E-state index in [1.165, 1.54) is 24.7 Å². The smallest absolute Gasteiger partial charge is 0.356 e. The van der Waals surface area contributed by atoms with Crippen LogP contribution in [0.3, 0.4) is 0 Å². The van der Waals surface area contributed by atoms with Gasteiger partial charge in [0.1, 0.15) is 0 Å². The third-order valence-electron chi connectivity index (χ3n) is 2.30. The molecule has 0 bridgehead atoms. The second kappa shape index (κ2) is 6.27. The molecule has 20 heavy (non-hydrogen) atoms. The Morgan fingerprint density at radius 1 is 1.35 bits per heavy atom. The van der Waals surface area contributed by atoms with Crippen LogP contribution in [0.15, 0.2) is 29.2 Å². The Labute approximate surface area is 113 Å². The highest BCUT2D eigenvalue weighted by atomic mass is 16.5. The molecule has 2 aromatic heterocycles. The minimum Gasteiger partial charge on any atom is -0.476 e. The van der Waals surface area contributed by atoms with Gasteiger partial charge in [-0.15, -0.1) is 0 Å². The van der Waals surface area contributed by atoms with Crippen molar-refractivity contribution in [1.29, 1.82) is 0 Å². The first-order valence-electron chi connectivity index (χ1n) is 5.65. The van der Waals surface area contributed by atoms with Crippen LogP contribution in [0, 0.1) is 0 Å². The first kappa shape index (κ1) is 13.5. The molecule has 3 N–H and O–H groups in total. The number of nitrogens with zero attached hydrogens (tertiary/aromatic N) is 3. The summed E-state index contributed by atoms with van der Waals surface area (Å²) in [6.45, 7) is 0.286. The molecule has 0 saturated carbocycles. The molecule has 0 atom stereocenters. The zero-order valence-corrected chi connectivity index (χ0v) is 10.2. The van der Waals surface area contributed by atoms with E-state index in [0.29, 0.717) is 12.2 Å². The van der Waals surface area contributed by atoms with Crippen LogP contribution in [-0.4, -0.2) is 38.8 Å². The number of hydrogen-bond donors (Lipinski definition) is 3. The predicted molar refractivity (Wildman–Crippen MR) is 66.2 cm³/mol. The number of amides is 2. The van der Waals surface area contributed by atoms with Crippen molar-refractivity contribution in [3.05, 3.63) is 36.2 Å². The fourth-order valence-electron chi connectivity index (χ4n) is 1.43. The first-order chi connectivity index (χ1) is 9.66. The number of nitrogens with one attached hydrogen (secondary N) is 2. The normalized spacial score (nSPS) is 10.0. The number of aromatic carboxylic acids is 1. The average molecular weight is 277 g/mol. The van der Waals surface area contributed by atoms with Crippen molar-refractivity contribution in [2.75, 3.05) is 11.9 Å². The number of urea groups is 1. The molecule has 2 heterocycles. The van der Waals surface area contributed by atoms with Crippen molar-refractivity contribution in [2.45, 2.75) is 6.42 Å². The summed E-state index contributed by atoms with van der Waals surface area (Å²) in [7, 11) is 0. The molecule has 9 heteroatoms. The Morgan fingerprint density at radius 3 is 2.90 bits per heavy atom. The zero-order valence-electron chi connectivity index (χ0n) is 10.2. The minimum atomic E-state index is -1.22. The maximum atomic E-state index is 11.6. The number of carboxylic acid groups (broad SMARTS) is 1. The van der Waals surface area contributed by atoms with Crippen LogP contribution in [0.2, 0.25) is 0 Å². The lowest BCUT2D eigenvalue weighted by molar-refractivity contribution is 0.0691. The lowest BCUT2D eigenvalue weighted by atomic mass is 10.3. The quantitative estimate of drug-likeness (QED) is 0.726. The molecule has 0 aliphatic rings. The van der Waals surface area contributed by atoms with Gasteiger partial charge in [-0.05, 0) is 12.1 Å². The van der Waals surface area contributed by atoms with Crippen molar-refractivity contribution in [3.8, 4) is 0 Å². The maximum Gasteiger partial charge on any atom is 0.356 e.